The average Bonchev–Trinajstić information content (AvgIpc) is 3.16. The maximum Gasteiger partial charge on any atom is 0.256 e. The number of rotatable bonds is 6. The number of H-pyrrole nitrogens is 1. The van der Waals surface area contributed by atoms with Crippen LogP contribution in [0.2, 0.25) is 0 Å². The van der Waals surface area contributed by atoms with Crippen molar-refractivity contribution in [3.8, 4) is 5.75 Å². The van der Waals surface area contributed by atoms with Gasteiger partial charge in [-0.05, 0) is 56.2 Å². The van der Waals surface area contributed by atoms with Crippen LogP contribution in [0.25, 0.3) is 21.9 Å². The predicted octanol–water partition coefficient (Wildman–Crippen LogP) is 3.19. The van der Waals surface area contributed by atoms with E-state index in [1.807, 2.05) is 42.8 Å². The van der Waals surface area contributed by atoms with Gasteiger partial charge < -0.3 is 19.6 Å². The molecule has 0 unspecified atom stereocenters. The summed E-state index contributed by atoms with van der Waals surface area (Å²) in [5, 5.41) is 4.40. The Morgan fingerprint density at radius 3 is 2.83 bits per heavy atom. The highest BCUT2D eigenvalue weighted by Crippen LogP contribution is 2.23. The third-order valence-electron chi connectivity index (χ3n) is 5.30. The first-order valence-electron chi connectivity index (χ1n) is 9.94. The van der Waals surface area contributed by atoms with E-state index in [1.165, 1.54) is 0 Å². The van der Waals surface area contributed by atoms with Crippen LogP contribution in [-0.4, -0.2) is 34.1 Å². The van der Waals surface area contributed by atoms with E-state index in [9.17, 15) is 9.59 Å². The Bertz CT molecular complexity index is 1300. The van der Waals surface area contributed by atoms with E-state index >= 15 is 0 Å². The van der Waals surface area contributed by atoms with Crippen LogP contribution >= 0.6 is 0 Å². The molecule has 154 valence electrons. The molecule has 1 amide bonds. The third kappa shape index (κ3) is 3.54. The van der Waals surface area contributed by atoms with Gasteiger partial charge in [-0.2, -0.15) is 0 Å². The van der Waals surface area contributed by atoms with Crippen molar-refractivity contribution in [2.75, 3.05) is 13.7 Å². The summed E-state index contributed by atoms with van der Waals surface area (Å²) in [5.41, 5.74) is 3.37. The lowest BCUT2D eigenvalue weighted by Gasteiger charge is -2.11. The first-order chi connectivity index (χ1) is 14.5. The second-order valence-corrected chi connectivity index (χ2v) is 7.21. The van der Waals surface area contributed by atoms with Crippen molar-refractivity contribution >= 4 is 27.8 Å². The SMILES string of the molecule is CCn1cc(C(=O)NCCc2c[nH]c3ccc(OC)cc23)c(=O)c2ccc(C)nc21. The number of fused-ring (bicyclic) bond motifs is 2. The minimum absolute atomic E-state index is 0.135. The zero-order chi connectivity index (χ0) is 21.3. The van der Waals surface area contributed by atoms with Crippen LogP contribution in [-0.2, 0) is 13.0 Å². The fourth-order valence-corrected chi connectivity index (χ4v) is 3.66. The largest absolute Gasteiger partial charge is 0.497 e. The summed E-state index contributed by atoms with van der Waals surface area (Å²) in [6.07, 6.45) is 4.17. The second kappa shape index (κ2) is 8.02. The van der Waals surface area contributed by atoms with Crippen molar-refractivity contribution in [2.24, 2.45) is 0 Å². The molecule has 30 heavy (non-hydrogen) atoms. The number of methoxy groups -OCH3 is 1. The number of aromatic nitrogens is 3. The number of nitrogens with one attached hydrogen (secondary N) is 2. The van der Waals surface area contributed by atoms with Gasteiger partial charge in [0.25, 0.3) is 5.91 Å². The molecule has 0 aliphatic carbocycles. The number of pyridine rings is 2. The van der Waals surface area contributed by atoms with Gasteiger partial charge in [0.15, 0.2) is 0 Å². The van der Waals surface area contributed by atoms with Gasteiger partial charge in [0, 0.05) is 42.1 Å². The molecule has 4 aromatic rings. The van der Waals surface area contributed by atoms with Crippen molar-refractivity contribution < 1.29 is 9.53 Å². The number of aryl methyl sites for hydroxylation is 2. The Morgan fingerprint density at radius 2 is 2.07 bits per heavy atom. The van der Waals surface area contributed by atoms with Gasteiger partial charge in [0.05, 0.1) is 12.5 Å². The Hall–Kier alpha value is -3.61. The number of hydrogen-bond acceptors (Lipinski definition) is 4. The molecule has 0 radical (unpaired) electrons. The zero-order valence-electron chi connectivity index (χ0n) is 17.3. The topological polar surface area (TPSA) is 89.0 Å². The number of hydrogen-bond donors (Lipinski definition) is 2. The summed E-state index contributed by atoms with van der Waals surface area (Å²) < 4.78 is 7.14. The first-order valence-corrected chi connectivity index (χ1v) is 9.94. The van der Waals surface area contributed by atoms with Crippen LogP contribution in [0.1, 0.15) is 28.5 Å². The van der Waals surface area contributed by atoms with Gasteiger partial charge in [-0.1, -0.05) is 0 Å². The lowest BCUT2D eigenvalue weighted by molar-refractivity contribution is 0.0952. The zero-order valence-corrected chi connectivity index (χ0v) is 17.3. The van der Waals surface area contributed by atoms with Crippen LogP contribution in [0.5, 0.6) is 5.75 Å². The molecule has 2 N–H and O–H groups in total. The van der Waals surface area contributed by atoms with Gasteiger partial charge in [0.2, 0.25) is 5.43 Å². The summed E-state index contributed by atoms with van der Waals surface area (Å²) in [7, 11) is 1.64. The molecule has 0 atom stereocenters. The number of nitrogens with zero attached hydrogens (tertiary/aromatic N) is 2. The van der Waals surface area contributed by atoms with Crippen LogP contribution in [0.15, 0.2) is 47.5 Å². The molecule has 3 aromatic heterocycles. The first kappa shape index (κ1) is 19.7. The molecule has 0 fully saturated rings. The molecule has 4 rings (SSSR count). The van der Waals surface area contributed by atoms with Crippen molar-refractivity contribution in [3.63, 3.8) is 0 Å². The molecule has 1 aromatic carbocycles. The molecule has 0 aliphatic rings. The van der Waals surface area contributed by atoms with Gasteiger partial charge in [-0.15, -0.1) is 0 Å². The number of amides is 1. The van der Waals surface area contributed by atoms with Crippen molar-refractivity contribution in [1.82, 2.24) is 19.9 Å². The van der Waals surface area contributed by atoms with Crippen molar-refractivity contribution in [1.29, 1.82) is 0 Å². The summed E-state index contributed by atoms with van der Waals surface area (Å²) in [5.74, 6) is 0.412. The number of aromatic amines is 1. The van der Waals surface area contributed by atoms with E-state index in [4.69, 9.17) is 4.74 Å². The molecular weight excluding hydrogens is 380 g/mol. The summed E-state index contributed by atoms with van der Waals surface area (Å²) in [6.45, 7) is 4.87. The van der Waals surface area contributed by atoms with Gasteiger partial charge in [-0.25, -0.2) is 4.98 Å². The minimum Gasteiger partial charge on any atom is -0.497 e. The monoisotopic (exact) mass is 404 g/mol. The predicted molar refractivity (Wildman–Crippen MR) is 117 cm³/mol. The fraction of sp³-hybridized carbons (Fsp3) is 0.261. The summed E-state index contributed by atoms with van der Waals surface area (Å²) >= 11 is 0. The maximum absolute atomic E-state index is 12.9. The molecular formula is C23H24N4O3. The summed E-state index contributed by atoms with van der Waals surface area (Å²) in [4.78, 5) is 33.3. The molecule has 3 heterocycles. The minimum atomic E-state index is -0.373. The highest BCUT2D eigenvalue weighted by Gasteiger charge is 2.16. The van der Waals surface area contributed by atoms with E-state index in [0.29, 0.717) is 30.5 Å². The van der Waals surface area contributed by atoms with Gasteiger partial charge in [0.1, 0.15) is 17.0 Å². The van der Waals surface area contributed by atoms with Crippen LogP contribution in [0.4, 0.5) is 0 Å². The van der Waals surface area contributed by atoms with E-state index in [-0.39, 0.29) is 16.9 Å². The smallest absolute Gasteiger partial charge is 0.256 e. The number of carbonyl (C=O) groups is 1. The van der Waals surface area contributed by atoms with E-state index < -0.39 is 0 Å². The normalized spacial score (nSPS) is 11.2. The van der Waals surface area contributed by atoms with E-state index in [0.717, 1.165) is 27.9 Å². The van der Waals surface area contributed by atoms with Crippen molar-refractivity contribution in [3.05, 3.63) is 69.8 Å². The molecule has 0 saturated heterocycles. The summed E-state index contributed by atoms with van der Waals surface area (Å²) in [6, 6.07) is 9.37. The van der Waals surface area contributed by atoms with Gasteiger partial charge in [-0.3, -0.25) is 9.59 Å². The third-order valence-corrected chi connectivity index (χ3v) is 5.30. The van der Waals surface area contributed by atoms with Crippen LogP contribution < -0.4 is 15.5 Å². The number of ether oxygens (including phenoxy) is 1. The molecule has 0 saturated carbocycles. The van der Waals surface area contributed by atoms with E-state index in [1.54, 1.807) is 25.4 Å². The maximum atomic E-state index is 12.9. The van der Waals surface area contributed by atoms with Gasteiger partial charge >= 0.3 is 0 Å². The lowest BCUT2D eigenvalue weighted by Crippen LogP contribution is -2.31. The molecule has 0 aliphatic heterocycles. The number of carbonyl (C=O) groups excluding carboxylic acids is 1. The Morgan fingerprint density at radius 1 is 1.23 bits per heavy atom. The molecule has 0 spiro atoms. The molecule has 7 heteroatoms. The quantitative estimate of drug-likeness (QED) is 0.517. The standard InChI is InChI=1S/C23H24N4O3/c1-4-27-13-19(21(28)17-7-5-14(2)26-22(17)27)23(29)24-10-9-15-12-25-20-8-6-16(30-3)11-18(15)20/h5-8,11-13,25H,4,9-10H2,1-3H3,(H,24,29). The number of benzene rings is 1. The Labute approximate surface area is 173 Å². The highest BCUT2D eigenvalue weighted by atomic mass is 16.5. The molecule has 7 nitrogen and oxygen atoms in total. The van der Waals surface area contributed by atoms with Crippen molar-refractivity contribution in [2.45, 2.75) is 26.8 Å². The van der Waals surface area contributed by atoms with Crippen LogP contribution in [0.3, 0.4) is 0 Å². The lowest BCUT2D eigenvalue weighted by atomic mass is 10.1. The molecule has 0 bridgehead atoms. The average molecular weight is 404 g/mol. The fourth-order valence-electron chi connectivity index (χ4n) is 3.66. The Balaban J connectivity index is 1.55. The second-order valence-electron chi connectivity index (χ2n) is 7.21. The Kier molecular flexibility index (Phi) is 5.27. The van der Waals surface area contributed by atoms with E-state index in [2.05, 4.69) is 15.3 Å². The highest BCUT2D eigenvalue weighted by molar-refractivity contribution is 5.97. The van der Waals surface area contributed by atoms with Crippen LogP contribution in [0, 0.1) is 6.92 Å².